The van der Waals surface area contributed by atoms with Crippen molar-refractivity contribution in [1.29, 1.82) is 0 Å². The van der Waals surface area contributed by atoms with E-state index in [9.17, 15) is 18.4 Å². The van der Waals surface area contributed by atoms with Gasteiger partial charge in [-0.25, -0.2) is 13.6 Å². The van der Waals surface area contributed by atoms with E-state index in [0.29, 0.717) is 17.1 Å². The minimum Gasteiger partial charge on any atom is -0.493 e. The van der Waals surface area contributed by atoms with Gasteiger partial charge in [-0.3, -0.25) is 4.79 Å². The third-order valence-corrected chi connectivity index (χ3v) is 7.43. The molecule has 41 heavy (non-hydrogen) atoms. The predicted molar refractivity (Wildman–Crippen MR) is 147 cm³/mol. The van der Waals surface area contributed by atoms with Crippen LogP contribution in [0, 0.1) is 0 Å². The molecule has 1 saturated carbocycles. The average molecular weight is 566 g/mol. The Kier molecular flexibility index (Phi) is 8.54. The number of carbonyl (C=O) groups is 2. The molecule has 3 aromatic carbocycles. The molecule has 1 fully saturated rings. The summed E-state index contributed by atoms with van der Waals surface area (Å²) in [5.74, 6) is -2.84. The van der Waals surface area contributed by atoms with Gasteiger partial charge in [0, 0.05) is 31.4 Å². The molecule has 7 nitrogen and oxygen atoms in total. The summed E-state index contributed by atoms with van der Waals surface area (Å²) in [6.07, 6.45) is -2.68. The number of ether oxygens (including phenoxy) is 4. The van der Waals surface area contributed by atoms with Crippen LogP contribution in [0.1, 0.15) is 48.1 Å². The molecule has 0 aromatic heterocycles. The van der Waals surface area contributed by atoms with Gasteiger partial charge in [0.05, 0.1) is 19.8 Å². The quantitative estimate of drug-likeness (QED) is 0.296. The number of methoxy groups -OCH3 is 1. The summed E-state index contributed by atoms with van der Waals surface area (Å²) < 4.78 is 50.4. The van der Waals surface area contributed by atoms with Crippen LogP contribution < -0.4 is 9.47 Å². The predicted octanol–water partition coefficient (Wildman–Crippen LogP) is 5.65. The Labute approximate surface area is 238 Å². The summed E-state index contributed by atoms with van der Waals surface area (Å²) in [4.78, 5) is 28.8. The van der Waals surface area contributed by atoms with Crippen molar-refractivity contribution in [3.63, 3.8) is 0 Å². The minimum absolute atomic E-state index is 0.0802. The van der Waals surface area contributed by atoms with Crippen molar-refractivity contribution in [2.75, 3.05) is 13.7 Å². The lowest BCUT2D eigenvalue weighted by Crippen LogP contribution is -2.52. The third-order valence-electron chi connectivity index (χ3n) is 7.43. The monoisotopic (exact) mass is 565 g/mol. The molecule has 0 bridgehead atoms. The summed E-state index contributed by atoms with van der Waals surface area (Å²) in [5.41, 5.74) is 3.02. The third kappa shape index (κ3) is 6.35. The summed E-state index contributed by atoms with van der Waals surface area (Å²) in [6, 6.07) is 21.1. The van der Waals surface area contributed by atoms with Gasteiger partial charge in [-0.1, -0.05) is 66.7 Å². The summed E-state index contributed by atoms with van der Waals surface area (Å²) >= 11 is 0. The second-order valence-electron chi connectivity index (χ2n) is 10.3. The second kappa shape index (κ2) is 12.3. The van der Waals surface area contributed by atoms with Gasteiger partial charge in [0.15, 0.2) is 17.6 Å². The minimum atomic E-state index is -2.80. The van der Waals surface area contributed by atoms with Crippen LogP contribution in [-0.2, 0) is 38.6 Å². The molecule has 9 heteroatoms. The molecule has 0 N–H and O–H groups in total. The molecular formula is C32H33F2NO6. The molecule has 0 saturated heterocycles. The Hall–Kier alpha value is -3.98. The standard InChI is InChI=1S/C32H33F2NO6/c1-3-39-31(37)26-16-25-23(14-15-27(38-2)29(25)40-20-21-10-6-4-7-11-21)19-35(26)30(36)28(22-12-8-5-9-13-22)41-24-17-32(33,34)18-24/h4-15,24,26,28H,3,16-20H2,1-2H3/t26-,28?/m0/s1. The van der Waals surface area contributed by atoms with Crippen LogP contribution in [0.3, 0.4) is 0 Å². The molecule has 1 amide bonds. The van der Waals surface area contributed by atoms with E-state index >= 15 is 0 Å². The van der Waals surface area contributed by atoms with Crippen LogP contribution in [0.5, 0.6) is 11.5 Å². The molecule has 2 aliphatic rings. The summed E-state index contributed by atoms with van der Waals surface area (Å²) in [7, 11) is 1.55. The zero-order valence-electron chi connectivity index (χ0n) is 23.1. The van der Waals surface area contributed by atoms with Gasteiger partial charge in [-0.05, 0) is 29.7 Å². The highest BCUT2D eigenvalue weighted by atomic mass is 19.3. The first-order chi connectivity index (χ1) is 19.8. The number of carbonyl (C=O) groups excluding carboxylic acids is 2. The lowest BCUT2D eigenvalue weighted by molar-refractivity contribution is -0.194. The number of hydrogen-bond donors (Lipinski definition) is 0. The normalized spacial score (nSPS) is 18.5. The van der Waals surface area contributed by atoms with Crippen molar-refractivity contribution >= 4 is 11.9 Å². The SMILES string of the molecule is CCOC(=O)[C@@H]1Cc2c(ccc(OC)c2OCc2ccccc2)CN1C(=O)C(OC1CC(F)(F)C1)c1ccccc1. The van der Waals surface area contributed by atoms with Gasteiger partial charge >= 0.3 is 5.97 Å². The van der Waals surface area contributed by atoms with Crippen molar-refractivity contribution in [2.24, 2.45) is 0 Å². The van der Waals surface area contributed by atoms with E-state index in [-0.39, 0.29) is 26.2 Å². The maximum Gasteiger partial charge on any atom is 0.329 e. The van der Waals surface area contributed by atoms with Gasteiger partial charge in [0.1, 0.15) is 12.6 Å². The molecule has 1 aliphatic heterocycles. The smallest absolute Gasteiger partial charge is 0.329 e. The van der Waals surface area contributed by atoms with E-state index < -0.39 is 48.9 Å². The van der Waals surface area contributed by atoms with Crippen LogP contribution in [0.15, 0.2) is 72.8 Å². The van der Waals surface area contributed by atoms with Crippen LogP contribution in [0.2, 0.25) is 0 Å². The van der Waals surface area contributed by atoms with E-state index in [1.54, 1.807) is 50.4 Å². The summed E-state index contributed by atoms with van der Waals surface area (Å²) in [6.45, 7) is 2.20. The van der Waals surface area contributed by atoms with E-state index in [1.165, 1.54) is 4.90 Å². The molecule has 0 spiro atoms. The number of alkyl halides is 2. The Balaban J connectivity index is 1.48. The fourth-order valence-corrected chi connectivity index (χ4v) is 5.30. The molecule has 3 aromatic rings. The van der Waals surface area contributed by atoms with Gasteiger partial charge < -0.3 is 23.8 Å². The first-order valence-electron chi connectivity index (χ1n) is 13.7. The zero-order valence-corrected chi connectivity index (χ0v) is 23.1. The van der Waals surface area contributed by atoms with Crippen molar-refractivity contribution in [3.8, 4) is 11.5 Å². The van der Waals surface area contributed by atoms with Gasteiger partial charge in [0.25, 0.3) is 11.8 Å². The first-order valence-corrected chi connectivity index (χ1v) is 13.7. The Morgan fingerprint density at radius 2 is 1.68 bits per heavy atom. The van der Waals surface area contributed by atoms with Crippen LogP contribution >= 0.6 is 0 Å². The van der Waals surface area contributed by atoms with E-state index in [2.05, 4.69) is 0 Å². The van der Waals surface area contributed by atoms with Crippen LogP contribution in [0.25, 0.3) is 0 Å². The number of halogens is 2. The second-order valence-corrected chi connectivity index (χ2v) is 10.3. The van der Waals surface area contributed by atoms with E-state index in [0.717, 1.165) is 16.7 Å². The Morgan fingerprint density at radius 1 is 1.00 bits per heavy atom. The Bertz CT molecular complexity index is 1360. The van der Waals surface area contributed by atoms with Crippen LogP contribution in [0.4, 0.5) is 8.78 Å². The molecule has 1 aliphatic carbocycles. The number of esters is 1. The molecular weight excluding hydrogens is 532 g/mol. The number of benzene rings is 3. The molecule has 5 rings (SSSR count). The maximum atomic E-state index is 14.1. The fourth-order valence-electron chi connectivity index (χ4n) is 5.30. The fraction of sp³-hybridized carbons (Fsp3) is 0.375. The number of hydrogen-bond acceptors (Lipinski definition) is 6. The van der Waals surface area contributed by atoms with Gasteiger partial charge in [-0.15, -0.1) is 0 Å². The van der Waals surface area contributed by atoms with Crippen molar-refractivity contribution in [1.82, 2.24) is 4.90 Å². The molecule has 216 valence electrons. The zero-order chi connectivity index (χ0) is 29.0. The number of fused-ring (bicyclic) bond motifs is 1. The highest BCUT2D eigenvalue weighted by Crippen LogP contribution is 2.43. The lowest BCUT2D eigenvalue weighted by atomic mass is 9.90. The molecule has 1 heterocycles. The van der Waals surface area contributed by atoms with Gasteiger partial charge in [-0.2, -0.15) is 0 Å². The Morgan fingerprint density at radius 3 is 2.32 bits per heavy atom. The number of nitrogens with zero attached hydrogens (tertiary/aromatic N) is 1. The number of rotatable bonds is 10. The molecule has 0 radical (unpaired) electrons. The van der Waals surface area contributed by atoms with Crippen molar-refractivity contribution < 1.29 is 37.3 Å². The van der Waals surface area contributed by atoms with Crippen molar-refractivity contribution in [2.45, 2.75) is 63.5 Å². The molecule has 1 unspecified atom stereocenters. The van der Waals surface area contributed by atoms with E-state index in [1.807, 2.05) is 36.4 Å². The topological polar surface area (TPSA) is 74.3 Å². The van der Waals surface area contributed by atoms with Crippen molar-refractivity contribution in [3.05, 3.63) is 95.1 Å². The summed E-state index contributed by atoms with van der Waals surface area (Å²) in [5, 5.41) is 0. The molecule has 2 atom stereocenters. The average Bonchev–Trinajstić information content (AvgIpc) is 2.97. The van der Waals surface area contributed by atoms with E-state index in [4.69, 9.17) is 18.9 Å². The van der Waals surface area contributed by atoms with Gasteiger partial charge in [0.2, 0.25) is 0 Å². The maximum absolute atomic E-state index is 14.1. The largest absolute Gasteiger partial charge is 0.493 e. The first kappa shape index (κ1) is 28.5. The highest BCUT2D eigenvalue weighted by Gasteiger charge is 2.49. The lowest BCUT2D eigenvalue weighted by Gasteiger charge is -2.40. The number of amides is 1. The highest BCUT2D eigenvalue weighted by molar-refractivity contribution is 5.89. The van der Waals surface area contributed by atoms with Crippen LogP contribution in [-0.4, -0.2) is 48.6 Å².